The number of hydrogen-bond donors (Lipinski definition) is 1. The average Bonchev–Trinajstić information content (AvgIpc) is 2.30. The number of nitrogens with zero attached hydrogens (tertiary/aromatic N) is 1. The summed E-state index contributed by atoms with van der Waals surface area (Å²) in [6.07, 6.45) is 0. The monoisotopic (exact) mass is 244 g/mol. The predicted octanol–water partition coefficient (Wildman–Crippen LogP) is 2.29. The Kier molecular flexibility index (Phi) is 8.33. The van der Waals surface area contributed by atoms with Crippen LogP contribution in [0.2, 0.25) is 0 Å². The summed E-state index contributed by atoms with van der Waals surface area (Å²) >= 11 is 1.88. The van der Waals surface area contributed by atoms with Crippen LogP contribution in [-0.2, 0) is 0 Å². The Morgan fingerprint density at radius 2 is 2.08 bits per heavy atom. The Hall–Kier alpha value is 0.430. The van der Waals surface area contributed by atoms with Crippen molar-refractivity contribution in [3.05, 3.63) is 11.1 Å². The molecule has 0 saturated heterocycles. The Balaban J connectivity index is 0. The summed E-state index contributed by atoms with van der Waals surface area (Å²) < 4.78 is 0. The van der Waals surface area contributed by atoms with Crippen molar-refractivity contribution in [2.75, 3.05) is 13.6 Å². The summed E-state index contributed by atoms with van der Waals surface area (Å²) in [7, 11) is 2.11. The van der Waals surface area contributed by atoms with Gasteiger partial charge in [0.1, 0.15) is 0 Å². The van der Waals surface area contributed by atoms with E-state index in [2.05, 4.69) is 31.2 Å². The van der Waals surface area contributed by atoms with Gasteiger partial charge in [-0.3, -0.25) is 0 Å². The molecule has 0 fully saturated rings. The fraction of sp³-hybridized carbons (Fsp3) is 0.750. The molecule has 0 radical (unpaired) electrons. The van der Waals surface area contributed by atoms with Gasteiger partial charge in [-0.15, -0.1) is 36.6 Å². The molecule has 80 valence electrons. The third kappa shape index (κ3) is 3.58. The van der Waals surface area contributed by atoms with Crippen LogP contribution in [0, 0.1) is 5.92 Å². The first-order chi connectivity index (χ1) is 5.16. The molecule has 0 aromatic rings. The fourth-order valence-corrected chi connectivity index (χ4v) is 2.47. The minimum atomic E-state index is 0. The first kappa shape index (κ1) is 15.9. The van der Waals surface area contributed by atoms with Crippen molar-refractivity contribution in [1.82, 2.24) is 4.90 Å². The lowest BCUT2D eigenvalue weighted by atomic mass is 10.2. The van der Waals surface area contributed by atoms with Crippen LogP contribution in [-0.4, -0.2) is 23.9 Å². The van der Waals surface area contributed by atoms with E-state index in [-0.39, 0.29) is 24.8 Å². The normalized spacial score (nSPS) is 20.8. The van der Waals surface area contributed by atoms with Crippen molar-refractivity contribution in [1.29, 1.82) is 0 Å². The molecule has 0 aromatic heterocycles. The molecule has 0 amide bonds. The highest BCUT2D eigenvalue weighted by Crippen LogP contribution is 2.33. The smallest absolute Gasteiger partial charge is 0.0808 e. The van der Waals surface area contributed by atoms with Crippen molar-refractivity contribution in [3.8, 4) is 0 Å². The van der Waals surface area contributed by atoms with Crippen LogP contribution in [0.4, 0.5) is 0 Å². The molecule has 5 heteroatoms. The zero-order valence-corrected chi connectivity index (χ0v) is 10.6. The maximum atomic E-state index is 5.56. The van der Waals surface area contributed by atoms with Crippen LogP contribution < -0.4 is 5.73 Å². The zero-order chi connectivity index (χ0) is 8.43. The van der Waals surface area contributed by atoms with Crippen LogP contribution in [0.5, 0.6) is 0 Å². The van der Waals surface area contributed by atoms with E-state index in [0.717, 1.165) is 0 Å². The van der Waals surface area contributed by atoms with Gasteiger partial charge in [0.25, 0.3) is 0 Å². The van der Waals surface area contributed by atoms with Gasteiger partial charge < -0.3 is 10.6 Å². The first-order valence-electron chi connectivity index (χ1n) is 3.94. The Bertz CT molecular complexity index is 174. The third-order valence-electron chi connectivity index (χ3n) is 1.96. The molecule has 0 spiro atoms. The number of nitrogens with two attached hydrogens (primary N) is 1. The molecule has 2 N–H and O–H groups in total. The van der Waals surface area contributed by atoms with Gasteiger partial charge in [0, 0.05) is 19.3 Å². The highest BCUT2D eigenvalue weighted by atomic mass is 35.5. The van der Waals surface area contributed by atoms with Gasteiger partial charge in [0.2, 0.25) is 0 Å². The molecule has 1 aliphatic rings. The lowest BCUT2D eigenvalue weighted by Gasteiger charge is -2.26. The molecule has 1 rings (SSSR count). The van der Waals surface area contributed by atoms with Crippen molar-refractivity contribution < 1.29 is 0 Å². The number of halogens is 2. The van der Waals surface area contributed by atoms with Crippen LogP contribution in [0.15, 0.2) is 11.1 Å². The highest BCUT2D eigenvalue weighted by Gasteiger charge is 2.24. The summed E-state index contributed by atoms with van der Waals surface area (Å²) in [6, 6.07) is 0. The quantitative estimate of drug-likeness (QED) is 0.809. The van der Waals surface area contributed by atoms with Gasteiger partial charge in [-0.2, -0.15) is 0 Å². The van der Waals surface area contributed by atoms with E-state index in [0.29, 0.717) is 17.8 Å². The molecule has 0 aromatic carbocycles. The molecule has 1 unspecified atom stereocenters. The topological polar surface area (TPSA) is 29.3 Å². The summed E-state index contributed by atoms with van der Waals surface area (Å²) in [5, 5.41) is 2.76. The Morgan fingerprint density at radius 3 is 2.31 bits per heavy atom. The van der Waals surface area contributed by atoms with Gasteiger partial charge in [-0.1, -0.05) is 13.8 Å². The molecule has 1 atom stereocenters. The van der Waals surface area contributed by atoms with Crippen LogP contribution in [0.25, 0.3) is 0 Å². The van der Waals surface area contributed by atoms with E-state index >= 15 is 0 Å². The second-order valence-corrected chi connectivity index (χ2v) is 4.19. The number of thioether (sulfide) groups is 1. The molecule has 13 heavy (non-hydrogen) atoms. The molecule has 1 heterocycles. The van der Waals surface area contributed by atoms with E-state index in [4.69, 9.17) is 5.73 Å². The maximum absolute atomic E-state index is 5.56. The van der Waals surface area contributed by atoms with Crippen molar-refractivity contribution in [3.63, 3.8) is 0 Å². The van der Waals surface area contributed by atoms with Crippen LogP contribution >= 0.6 is 36.6 Å². The Labute approximate surface area is 97.1 Å². The van der Waals surface area contributed by atoms with Gasteiger partial charge in [-0.25, -0.2) is 0 Å². The molecule has 0 aliphatic carbocycles. The number of likely N-dealkylation sites (N-methyl/N-ethyl adjacent to an activating group) is 1. The molecule has 0 saturated carbocycles. The second kappa shape index (κ2) is 6.82. The standard InChI is InChI=1S/C8H16N2S.2ClH/c1-6(2)8-10(3)7(4-9)5-11-8;;/h5-6,8H,4,9H2,1-3H3;2*1H. The second-order valence-electron chi connectivity index (χ2n) is 3.19. The van der Waals surface area contributed by atoms with Crippen molar-refractivity contribution >= 4 is 36.6 Å². The van der Waals surface area contributed by atoms with Gasteiger partial charge in [0.05, 0.1) is 5.37 Å². The fourth-order valence-electron chi connectivity index (χ4n) is 1.28. The van der Waals surface area contributed by atoms with E-state index in [1.807, 2.05) is 11.8 Å². The van der Waals surface area contributed by atoms with E-state index in [1.165, 1.54) is 5.70 Å². The van der Waals surface area contributed by atoms with Crippen LogP contribution in [0.1, 0.15) is 13.8 Å². The largest absolute Gasteiger partial charge is 0.364 e. The minimum Gasteiger partial charge on any atom is -0.364 e. The van der Waals surface area contributed by atoms with Crippen LogP contribution in [0.3, 0.4) is 0 Å². The van der Waals surface area contributed by atoms with Gasteiger partial charge in [-0.05, 0) is 11.3 Å². The highest BCUT2D eigenvalue weighted by molar-refractivity contribution is 8.02. The van der Waals surface area contributed by atoms with Gasteiger partial charge >= 0.3 is 0 Å². The zero-order valence-electron chi connectivity index (χ0n) is 8.19. The average molecular weight is 245 g/mol. The van der Waals surface area contributed by atoms with E-state index in [1.54, 1.807) is 0 Å². The first-order valence-corrected chi connectivity index (χ1v) is 4.88. The lowest BCUT2D eigenvalue weighted by Crippen LogP contribution is -2.30. The predicted molar refractivity (Wildman–Crippen MR) is 65.6 cm³/mol. The maximum Gasteiger partial charge on any atom is 0.0808 e. The molecule has 2 nitrogen and oxygen atoms in total. The van der Waals surface area contributed by atoms with Gasteiger partial charge in [0.15, 0.2) is 0 Å². The molecular formula is C8H18Cl2N2S. The SMILES string of the molecule is CC(C)C1SC=C(CN)N1C.Cl.Cl. The van der Waals surface area contributed by atoms with Crippen molar-refractivity contribution in [2.45, 2.75) is 19.2 Å². The summed E-state index contributed by atoms with van der Waals surface area (Å²) in [5.74, 6) is 0.685. The summed E-state index contributed by atoms with van der Waals surface area (Å²) in [5.41, 5.74) is 6.82. The lowest BCUT2D eigenvalue weighted by molar-refractivity contribution is 0.333. The number of rotatable bonds is 2. The molecular weight excluding hydrogens is 227 g/mol. The summed E-state index contributed by atoms with van der Waals surface area (Å²) in [4.78, 5) is 2.27. The van der Waals surface area contributed by atoms with Crippen molar-refractivity contribution in [2.24, 2.45) is 11.7 Å². The summed E-state index contributed by atoms with van der Waals surface area (Å²) in [6.45, 7) is 5.13. The Morgan fingerprint density at radius 1 is 1.54 bits per heavy atom. The molecule has 0 bridgehead atoms. The molecule has 1 aliphatic heterocycles. The van der Waals surface area contributed by atoms with E-state index in [9.17, 15) is 0 Å². The minimum absolute atomic E-state index is 0. The number of hydrogen-bond acceptors (Lipinski definition) is 3. The van der Waals surface area contributed by atoms with E-state index < -0.39 is 0 Å². The third-order valence-corrected chi connectivity index (χ3v) is 3.51.